The molecule has 1 heterocycles. The maximum atomic E-state index is 10.5. The van der Waals surface area contributed by atoms with Crippen molar-refractivity contribution in [2.24, 2.45) is 0 Å². The first-order valence-corrected chi connectivity index (χ1v) is 4.01. The van der Waals surface area contributed by atoms with E-state index in [4.69, 9.17) is 4.89 Å². The van der Waals surface area contributed by atoms with Gasteiger partial charge in [-0.2, -0.15) is 12.2 Å². The van der Waals surface area contributed by atoms with Crippen molar-refractivity contribution in [2.75, 3.05) is 6.16 Å². The van der Waals surface area contributed by atoms with Crippen molar-refractivity contribution in [3.05, 3.63) is 11.9 Å². The fourth-order valence-corrected chi connectivity index (χ4v) is 1.49. The summed E-state index contributed by atoms with van der Waals surface area (Å²) in [5.74, 6) is 1.28. The number of allylic oxidation sites excluding steroid dienone is 1. The van der Waals surface area contributed by atoms with Gasteiger partial charge in [0, 0.05) is 0 Å². The summed E-state index contributed by atoms with van der Waals surface area (Å²) in [4.78, 5) is 8.63. The van der Waals surface area contributed by atoms with E-state index in [1.54, 1.807) is 0 Å². The molecule has 1 unspecified atom stereocenters. The van der Waals surface area contributed by atoms with Crippen LogP contribution in [0.25, 0.3) is 0 Å². The van der Waals surface area contributed by atoms with Crippen LogP contribution in [0.15, 0.2) is 5.82 Å². The summed E-state index contributed by atoms with van der Waals surface area (Å²) in [6.45, 7) is 0. The maximum Gasteiger partial charge on any atom is 1.00 e. The predicted molar refractivity (Wildman–Crippen MR) is 27.1 cm³/mol. The van der Waals surface area contributed by atoms with E-state index in [9.17, 15) is 4.57 Å². The zero-order valence-corrected chi connectivity index (χ0v) is 5.93. The molecule has 1 atom stereocenters. The average Bonchev–Trinajstić information content (AvgIpc) is 1.84. The van der Waals surface area contributed by atoms with Crippen LogP contribution in [0, 0.1) is 6.08 Å². The zero-order chi connectivity index (χ0) is 5.33. The second-order valence-corrected chi connectivity index (χ2v) is 3.78. The number of hydrogen-bond acceptors (Lipinski definition) is 1. The van der Waals surface area contributed by atoms with Crippen molar-refractivity contribution in [2.45, 2.75) is 6.42 Å². The van der Waals surface area contributed by atoms with E-state index in [1.807, 2.05) is 0 Å². The maximum absolute atomic E-state index is 10.5. The molecule has 0 saturated carbocycles. The minimum absolute atomic E-state index is 0. The van der Waals surface area contributed by atoms with Gasteiger partial charge in [0.2, 0.25) is 0 Å². The average molecular weight is 181 g/mol. The molecule has 0 aliphatic carbocycles. The van der Waals surface area contributed by atoms with E-state index in [1.165, 1.54) is 5.82 Å². The first-order valence-electron chi connectivity index (χ1n) is 2.10. The van der Waals surface area contributed by atoms with Gasteiger partial charge in [-0.25, -0.2) is 0 Å². The molecule has 1 aliphatic rings. The molecule has 2 nitrogen and oxygen atoms in total. The molecular formula is C4H6CuO2P. The summed E-state index contributed by atoms with van der Waals surface area (Å²) in [6, 6.07) is 0. The van der Waals surface area contributed by atoms with Gasteiger partial charge in [0.05, 0.1) is 0 Å². The van der Waals surface area contributed by atoms with Crippen molar-refractivity contribution in [1.82, 2.24) is 0 Å². The fraction of sp³-hybridized carbons (Fsp3) is 0.500. The molecule has 0 aromatic heterocycles. The van der Waals surface area contributed by atoms with Crippen LogP contribution in [0.3, 0.4) is 0 Å². The largest absolute Gasteiger partial charge is 1.00 e. The van der Waals surface area contributed by atoms with Crippen molar-refractivity contribution in [3.63, 3.8) is 0 Å². The Hall–Kier alpha value is 0.449. The van der Waals surface area contributed by atoms with Crippen LogP contribution < -0.4 is 0 Å². The van der Waals surface area contributed by atoms with E-state index < -0.39 is 7.37 Å². The third-order valence-corrected chi connectivity index (χ3v) is 2.32. The van der Waals surface area contributed by atoms with Gasteiger partial charge in [-0.15, -0.1) is 0 Å². The van der Waals surface area contributed by atoms with Gasteiger partial charge in [-0.05, 0) is 6.16 Å². The molecule has 1 rings (SSSR count). The Morgan fingerprint density at radius 1 is 1.75 bits per heavy atom. The quantitative estimate of drug-likeness (QED) is 0.343. The molecule has 0 bridgehead atoms. The topological polar surface area (TPSA) is 37.3 Å². The van der Waals surface area contributed by atoms with E-state index >= 15 is 0 Å². The fourth-order valence-electron chi connectivity index (χ4n) is 0.496. The van der Waals surface area contributed by atoms with Gasteiger partial charge in [0.15, 0.2) is 7.37 Å². The monoisotopic (exact) mass is 180 g/mol. The number of hydrogen-bond donors (Lipinski definition) is 1. The molecule has 1 aliphatic heterocycles. The molecule has 0 radical (unpaired) electrons. The summed E-state index contributed by atoms with van der Waals surface area (Å²) in [7, 11) is -2.78. The van der Waals surface area contributed by atoms with Crippen LogP contribution in [-0.4, -0.2) is 11.1 Å². The first kappa shape index (κ1) is 8.45. The standard InChI is InChI=1S/C4H6O2P.Cu/c5-7(6)3-1-2-4-7;/h4H,1,3H2,(H,5,6);/q-1;+1. The Labute approximate surface area is 58.9 Å². The van der Waals surface area contributed by atoms with Gasteiger partial charge in [-0.1, -0.05) is 0 Å². The first-order chi connectivity index (χ1) is 3.21. The van der Waals surface area contributed by atoms with E-state index in [0.29, 0.717) is 12.6 Å². The second-order valence-electron chi connectivity index (χ2n) is 1.56. The van der Waals surface area contributed by atoms with Crippen LogP contribution >= 0.6 is 7.37 Å². The Balaban J connectivity index is 0.000000490. The molecule has 0 saturated heterocycles. The summed E-state index contributed by atoms with van der Waals surface area (Å²) in [6.07, 6.45) is 3.72. The summed E-state index contributed by atoms with van der Waals surface area (Å²) in [5.41, 5.74) is 0. The van der Waals surface area contributed by atoms with Crippen LogP contribution in [-0.2, 0) is 21.6 Å². The van der Waals surface area contributed by atoms with E-state index in [0.717, 1.165) is 0 Å². The molecule has 0 spiro atoms. The molecular weight excluding hydrogens is 175 g/mol. The van der Waals surface area contributed by atoms with Crippen molar-refractivity contribution < 1.29 is 26.5 Å². The molecule has 4 heteroatoms. The smallest absolute Gasteiger partial charge is 0.490 e. The third kappa shape index (κ3) is 2.14. The minimum atomic E-state index is -2.78. The van der Waals surface area contributed by atoms with Gasteiger partial charge < -0.3 is 11.0 Å². The molecule has 0 fully saturated rings. The van der Waals surface area contributed by atoms with Crippen LogP contribution in [0.4, 0.5) is 0 Å². The molecule has 50 valence electrons. The Morgan fingerprint density at radius 3 is 2.50 bits per heavy atom. The molecule has 0 aromatic rings. The third-order valence-electron chi connectivity index (χ3n) is 0.870. The van der Waals surface area contributed by atoms with Gasteiger partial charge in [0.25, 0.3) is 0 Å². The summed E-state index contributed by atoms with van der Waals surface area (Å²) >= 11 is 0. The Kier molecular flexibility index (Phi) is 3.00. The normalized spacial score (nSPS) is 34.6. The van der Waals surface area contributed by atoms with Gasteiger partial charge in [-0.3, -0.25) is 4.57 Å². The predicted octanol–water partition coefficient (Wildman–Crippen LogP) is 0.975. The van der Waals surface area contributed by atoms with Crippen LogP contribution in [0.2, 0.25) is 0 Å². The number of rotatable bonds is 0. The van der Waals surface area contributed by atoms with Crippen molar-refractivity contribution in [3.8, 4) is 0 Å². The molecule has 0 aromatic carbocycles. The Morgan fingerprint density at radius 2 is 2.38 bits per heavy atom. The Bertz CT molecular complexity index is 143. The molecule has 0 amide bonds. The van der Waals surface area contributed by atoms with Crippen LogP contribution in [0.5, 0.6) is 0 Å². The zero-order valence-electron chi connectivity index (χ0n) is 4.10. The molecule has 1 N–H and O–H groups in total. The van der Waals surface area contributed by atoms with Gasteiger partial charge in [0.1, 0.15) is 0 Å². The molecule has 8 heavy (non-hydrogen) atoms. The van der Waals surface area contributed by atoms with E-state index in [2.05, 4.69) is 6.08 Å². The van der Waals surface area contributed by atoms with Crippen molar-refractivity contribution in [1.29, 1.82) is 0 Å². The summed E-state index contributed by atoms with van der Waals surface area (Å²) < 4.78 is 10.5. The minimum Gasteiger partial charge on any atom is -0.490 e. The SMILES string of the molecule is O=P1(O)C=[C-]CC1.[Cu+]. The van der Waals surface area contributed by atoms with Crippen LogP contribution in [0.1, 0.15) is 6.42 Å². The van der Waals surface area contributed by atoms with E-state index in [-0.39, 0.29) is 17.1 Å². The van der Waals surface area contributed by atoms with Crippen molar-refractivity contribution >= 4 is 7.37 Å². The second kappa shape index (κ2) is 2.84. The van der Waals surface area contributed by atoms with Gasteiger partial charge >= 0.3 is 17.1 Å². The summed E-state index contributed by atoms with van der Waals surface area (Å²) in [5, 5.41) is 0.